The number of ketones is 1. The summed E-state index contributed by atoms with van der Waals surface area (Å²) in [7, 11) is -0.673. The van der Waals surface area contributed by atoms with Crippen LogP contribution in [0.2, 0.25) is 0 Å². The van der Waals surface area contributed by atoms with Gasteiger partial charge in [-0.1, -0.05) is 6.92 Å². The van der Waals surface area contributed by atoms with Crippen LogP contribution in [0.5, 0.6) is 11.5 Å². The van der Waals surface area contributed by atoms with Crippen molar-refractivity contribution in [3.8, 4) is 11.5 Å². The monoisotopic (exact) mass is 407 g/mol. The van der Waals surface area contributed by atoms with Crippen molar-refractivity contribution in [3.05, 3.63) is 53.6 Å². The summed E-state index contributed by atoms with van der Waals surface area (Å²) < 4.78 is 41.4. The molecule has 0 atom stereocenters. The van der Waals surface area contributed by atoms with Crippen LogP contribution in [-0.2, 0) is 14.8 Å². The van der Waals surface area contributed by atoms with E-state index in [1.54, 1.807) is 13.0 Å². The van der Waals surface area contributed by atoms with E-state index in [-0.39, 0.29) is 17.0 Å². The van der Waals surface area contributed by atoms with Gasteiger partial charge in [0.25, 0.3) is 0 Å². The molecule has 150 valence electrons. The second-order valence-corrected chi connectivity index (χ2v) is 7.36. The Balaban J connectivity index is 2.03. The Morgan fingerprint density at radius 3 is 2.11 bits per heavy atom. The van der Waals surface area contributed by atoms with Crippen LogP contribution in [0.1, 0.15) is 27.6 Å². The molecule has 1 N–H and O–H groups in total. The van der Waals surface area contributed by atoms with Gasteiger partial charge in [0.1, 0.15) is 0 Å². The molecule has 0 fully saturated rings. The van der Waals surface area contributed by atoms with Crippen LogP contribution >= 0.6 is 0 Å². The number of Topliss-reactive ketones (excluding diaryl/α,β-unsaturated/α-hetero) is 1. The summed E-state index contributed by atoms with van der Waals surface area (Å²) in [5.74, 6) is -0.289. The van der Waals surface area contributed by atoms with Gasteiger partial charge in [-0.3, -0.25) is 4.79 Å². The van der Waals surface area contributed by atoms with Crippen LogP contribution in [0.3, 0.4) is 0 Å². The lowest BCUT2D eigenvalue weighted by atomic mass is 10.1. The lowest BCUT2D eigenvalue weighted by molar-refractivity contribution is 0.0474. The van der Waals surface area contributed by atoms with E-state index >= 15 is 0 Å². The number of esters is 1. The first-order chi connectivity index (χ1) is 13.3. The number of hydrogen-bond donors (Lipinski definition) is 1. The fraction of sp³-hybridized carbons (Fsp3) is 0.263. The maximum Gasteiger partial charge on any atom is 0.338 e. The quantitative estimate of drug-likeness (QED) is 0.500. The van der Waals surface area contributed by atoms with Crippen molar-refractivity contribution in [3.63, 3.8) is 0 Å². The van der Waals surface area contributed by atoms with Gasteiger partial charge in [-0.05, 0) is 42.5 Å². The Hall–Kier alpha value is -2.91. The molecule has 0 saturated heterocycles. The first-order valence-electron chi connectivity index (χ1n) is 8.34. The molecular formula is C19H21NO7S. The summed E-state index contributed by atoms with van der Waals surface area (Å²) in [6.07, 6.45) is 0. The summed E-state index contributed by atoms with van der Waals surface area (Å²) >= 11 is 0. The van der Waals surface area contributed by atoms with Gasteiger partial charge in [-0.15, -0.1) is 0 Å². The van der Waals surface area contributed by atoms with E-state index < -0.39 is 28.4 Å². The van der Waals surface area contributed by atoms with E-state index in [0.717, 1.165) is 0 Å². The van der Waals surface area contributed by atoms with Gasteiger partial charge in [0, 0.05) is 12.1 Å². The van der Waals surface area contributed by atoms with Crippen molar-refractivity contribution in [2.75, 3.05) is 27.4 Å². The summed E-state index contributed by atoms with van der Waals surface area (Å²) in [4.78, 5) is 24.4. The van der Waals surface area contributed by atoms with Crippen LogP contribution < -0.4 is 14.2 Å². The minimum Gasteiger partial charge on any atom is -0.493 e. The van der Waals surface area contributed by atoms with Crippen LogP contribution in [0.4, 0.5) is 0 Å². The number of nitrogens with one attached hydrogen (secondary N) is 1. The van der Waals surface area contributed by atoms with Gasteiger partial charge in [0.2, 0.25) is 10.0 Å². The van der Waals surface area contributed by atoms with E-state index in [9.17, 15) is 18.0 Å². The molecule has 0 aliphatic rings. The molecule has 9 heteroatoms. The molecule has 2 aromatic rings. The molecule has 0 unspecified atom stereocenters. The van der Waals surface area contributed by atoms with Gasteiger partial charge in [0.05, 0.1) is 24.7 Å². The van der Waals surface area contributed by atoms with Gasteiger partial charge in [0.15, 0.2) is 23.9 Å². The second kappa shape index (κ2) is 9.34. The molecule has 28 heavy (non-hydrogen) atoms. The first-order valence-corrected chi connectivity index (χ1v) is 9.82. The van der Waals surface area contributed by atoms with Gasteiger partial charge in [-0.2, -0.15) is 0 Å². The first kappa shape index (κ1) is 21.4. The predicted octanol–water partition coefficient (Wildman–Crippen LogP) is 2.04. The molecule has 0 aliphatic heterocycles. The fourth-order valence-corrected chi connectivity index (χ4v) is 3.39. The fourth-order valence-electron chi connectivity index (χ4n) is 2.35. The van der Waals surface area contributed by atoms with Crippen molar-refractivity contribution >= 4 is 21.8 Å². The summed E-state index contributed by atoms with van der Waals surface area (Å²) in [5, 5.41) is 0. The lowest BCUT2D eigenvalue weighted by Gasteiger charge is -2.09. The van der Waals surface area contributed by atoms with Gasteiger partial charge in [-0.25, -0.2) is 17.9 Å². The van der Waals surface area contributed by atoms with Crippen molar-refractivity contribution < 1.29 is 32.2 Å². The molecule has 2 rings (SSSR count). The summed E-state index contributed by atoms with van der Waals surface area (Å²) in [6.45, 7) is 1.45. The van der Waals surface area contributed by atoms with E-state index in [4.69, 9.17) is 14.2 Å². The smallest absolute Gasteiger partial charge is 0.338 e. The Kier molecular flexibility index (Phi) is 7.13. The van der Waals surface area contributed by atoms with Crippen LogP contribution in [0.25, 0.3) is 0 Å². The highest BCUT2D eigenvalue weighted by molar-refractivity contribution is 7.89. The highest BCUT2D eigenvalue weighted by Gasteiger charge is 2.16. The number of carbonyl (C=O) groups excluding carboxylic acids is 2. The van der Waals surface area contributed by atoms with Crippen LogP contribution in [0, 0.1) is 0 Å². The van der Waals surface area contributed by atoms with E-state index in [2.05, 4.69) is 4.72 Å². The number of rotatable bonds is 9. The number of hydrogen-bond acceptors (Lipinski definition) is 7. The van der Waals surface area contributed by atoms with Crippen molar-refractivity contribution in [2.24, 2.45) is 0 Å². The third-order valence-corrected chi connectivity index (χ3v) is 5.34. The van der Waals surface area contributed by atoms with Crippen LogP contribution in [0.15, 0.2) is 47.4 Å². The number of carbonyl (C=O) groups is 2. The Morgan fingerprint density at radius 2 is 1.54 bits per heavy atom. The zero-order chi connectivity index (χ0) is 20.7. The number of methoxy groups -OCH3 is 2. The Labute approximate surface area is 163 Å². The predicted molar refractivity (Wildman–Crippen MR) is 101 cm³/mol. The number of benzene rings is 2. The summed E-state index contributed by atoms with van der Waals surface area (Å²) in [6, 6.07) is 9.86. The lowest BCUT2D eigenvalue weighted by Crippen LogP contribution is -2.23. The SMILES string of the molecule is CCNS(=O)(=O)c1ccc(C(=O)OCC(=O)c2ccc(OC)c(OC)c2)cc1. The highest BCUT2D eigenvalue weighted by Crippen LogP contribution is 2.27. The zero-order valence-electron chi connectivity index (χ0n) is 15.7. The molecule has 0 amide bonds. The second-order valence-electron chi connectivity index (χ2n) is 5.59. The van der Waals surface area contributed by atoms with Crippen molar-refractivity contribution in [1.29, 1.82) is 0 Å². The molecule has 0 heterocycles. The maximum atomic E-state index is 12.2. The largest absolute Gasteiger partial charge is 0.493 e. The molecular weight excluding hydrogens is 386 g/mol. The normalized spacial score (nSPS) is 11.0. The molecule has 0 saturated carbocycles. The van der Waals surface area contributed by atoms with Crippen molar-refractivity contribution in [1.82, 2.24) is 4.72 Å². The minimum atomic E-state index is -3.61. The number of ether oxygens (including phenoxy) is 3. The standard InChI is InChI=1S/C19H21NO7S/c1-4-20-28(23,24)15-8-5-13(6-9-15)19(22)27-12-16(21)14-7-10-17(25-2)18(11-14)26-3/h5-11,20H,4,12H2,1-3H3. The molecule has 8 nitrogen and oxygen atoms in total. The Morgan fingerprint density at radius 1 is 0.929 bits per heavy atom. The minimum absolute atomic E-state index is 0.0345. The van der Waals surface area contributed by atoms with Gasteiger partial charge < -0.3 is 14.2 Å². The third kappa shape index (κ3) is 5.08. The molecule has 2 aromatic carbocycles. The Bertz CT molecular complexity index is 953. The average molecular weight is 407 g/mol. The van der Waals surface area contributed by atoms with Crippen LogP contribution in [-0.4, -0.2) is 47.5 Å². The highest BCUT2D eigenvalue weighted by atomic mass is 32.2. The van der Waals surface area contributed by atoms with E-state index in [0.29, 0.717) is 17.1 Å². The van der Waals surface area contributed by atoms with E-state index in [1.165, 1.54) is 50.6 Å². The average Bonchev–Trinajstić information content (AvgIpc) is 2.71. The van der Waals surface area contributed by atoms with E-state index in [1.807, 2.05) is 0 Å². The molecule has 0 radical (unpaired) electrons. The molecule has 0 aliphatic carbocycles. The van der Waals surface area contributed by atoms with Gasteiger partial charge >= 0.3 is 5.97 Å². The maximum absolute atomic E-state index is 12.2. The molecule has 0 aromatic heterocycles. The van der Waals surface area contributed by atoms with Crippen molar-refractivity contribution in [2.45, 2.75) is 11.8 Å². The number of sulfonamides is 1. The topological polar surface area (TPSA) is 108 Å². The molecule has 0 spiro atoms. The third-order valence-electron chi connectivity index (χ3n) is 3.77. The summed E-state index contributed by atoms with van der Waals surface area (Å²) in [5.41, 5.74) is 0.438. The molecule has 0 bridgehead atoms. The zero-order valence-corrected chi connectivity index (χ0v) is 16.5.